The molecule has 1 saturated carbocycles. The molecule has 4 heteroatoms. The number of piperidine rings is 1. The van der Waals surface area contributed by atoms with Crippen molar-refractivity contribution in [1.82, 2.24) is 10.3 Å². The van der Waals surface area contributed by atoms with Gasteiger partial charge < -0.3 is 4.90 Å². The van der Waals surface area contributed by atoms with Gasteiger partial charge in [-0.25, -0.2) is 5.84 Å². The first kappa shape index (κ1) is 10.9. The summed E-state index contributed by atoms with van der Waals surface area (Å²) in [5.74, 6) is 5.95. The van der Waals surface area contributed by atoms with Crippen LogP contribution in [-0.4, -0.2) is 29.9 Å². The van der Waals surface area contributed by atoms with Crippen LogP contribution in [0, 0.1) is 5.92 Å². The van der Waals surface area contributed by atoms with Crippen LogP contribution in [-0.2, 0) is 4.79 Å². The predicted octanol–water partition coefficient (Wildman–Crippen LogP) is 0.631. The fourth-order valence-corrected chi connectivity index (χ4v) is 2.97. The highest BCUT2D eigenvalue weighted by Crippen LogP contribution is 2.37. The Labute approximate surface area is 91.2 Å². The number of rotatable bonds is 5. The summed E-state index contributed by atoms with van der Waals surface area (Å²) in [6.07, 6.45) is 6.90. The monoisotopic (exact) mass is 211 g/mol. The molecule has 1 heterocycles. The lowest BCUT2D eigenvalue weighted by Crippen LogP contribution is -2.33. The van der Waals surface area contributed by atoms with Crippen LogP contribution in [0.4, 0.5) is 0 Å². The number of carbonyl (C=O) groups excluding carboxylic acids is 1. The van der Waals surface area contributed by atoms with Crippen LogP contribution < -0.4 is 11.3 Å². The van der Waals surface area contributed by atoms with E-state index in [1.165, 1.54) is 32.4 Å². The Morgan fingerprint density at radius 3 is 2.87 bits per heavy atom. The van der Waals surface area contributed by atoms with Gasteiger partial charge >= 0.3 is 0 Å². The molecule has 1 amide bonds. The highest BCUT2D eigenvalue weighted by Gasteiger charge is 2.36. The van der Waals surface area contributed by atoms with Gasteiger partial charge in [0.2, 0.25) is 5.91 Å². The number of fused-ring (bicyclic) bond motifs is 2. The molecule has 4 nitrogen and oxygen atoms in total. The number of hydrogen-bond donors (Lipinski definition) is 2. The third kappa shape index (κ3) is 2.69. The van der Waals surface area contributed by atoms with Crippen LogP contribution in [0.1, 0.15) is 38.5 Å². The molecule has 0 spiro atoms. The number of carbonyl (C=O) groups is 1. The first-order valence-electron chi connectivity index (χ1n) is 6.03. The summed E-state index contributed by atoms with van der Waals surface area (Å²) in [5, 5.41) is 0. The second-order valence-electron chi connectivity index (χ2n) is 4.85. The molecule has 2 atom stereocenters. The van der Waals surface area contributed by atoms with E-state index in [0.29, 0.717) is 6.42 Å². The number of amides is 1. The van der Waals surface area contributed by atoms with Crippen LogP contribution in [0.2, 0.25) is 0 Å². The topological polar surface area (TPSA) is 58.4 Å². The molecule has 2 fully saturated rings. The largest absolute Gasteiger partial charge is 0.300 e. The van der Waals surface area contributed by atoms with Crippen molar-refractivity contribution in [3.8, 4) is 0 Å². The smallest absolute Gasteiger partial charge is 0.233 e. The molecule has 3 N–H and O–H groups in total. The molecule has 2 unspecified atom stereocenters. The Kier molecular flexibility index (Phi) is 3.59. The van der Waals surface area contributed by atoms with Gasteiger partial charge in [0.25, 0.3) is 0 Å². The summed E-state index contributed by atoms with van der Waals surface area (Å²) >= 11 is 0. The summed E-state index contributed by atoms with van der Waals surface area (Å²) in [4.78, 5) is 13.5. The van der Waals surface area contributed by atoms with E-state index in [0.717, 1.165) is 24.8 Å². The number of nitrogens with two attached hydrogens (primary N) is 1. The molecule has 15 heavy (non-hydrogen) atoms. The lowest BCUT2D eigenvalue weighted by Gasteiger charge is -2.26. The molecule has 0 radical (unpaired) electrons. The number of nitrogens with zero attached hydrogens (tertiary/aromatic N) is 1. The Morgan fingerprint density at radius 1 is 1.40 bits per heavy atom. The van der Waals surface area contributed by atoms with Crippen molar-refractivity contribution in [3.63, 3.8) is 0 Å². The van der Waals surface area contributed by atoms with Gasteiger partial charge in [0.15, 0.2) is 0 Å². The minimum absolute atomic E-state index is 0.0436. The van der Waals surface area contributed by atoms with E-state index in [1.54, 1.807) is 0 Å². The Morgan fingerprint density at radius 2 is 2.27 bits per heavy atom. The third-order valence-corrected chi connectivity index (χ3v) is 3.78. The standard InChI is InChI=1S/C11H21N3O/c12-13-11(15)3-1-2-6-14-8-9-4-5-10(14)7-9/h9-10H,1-8,12H2,(H,13,15). The van der Waals surface area contributed by atoms with Gasteiger partial charge in [0, 0.05) is 19.0 Å². The zero-order chi connectivity index (χ0) is 10.7. The normalized spacial score (nSPS) is 29.7. The molecule has 2 bridgehead atoms. The molecule has 1 aliphatic heterocycles. The fourth-order valence-electron chi connectivity index (χ4n) is 2.97. The molecule has 0 aromatic heterocycles. The van der Waals surface area contributed by atoms with Gasteiger partial charge in [0.1, 0.15) is 0 Å². The Hall–Kier alpha value is -0.610. The zero-order valence-corrected chi connectivity index (χ0v) is 9.24. The first-order valence-corrected chi connectivity index (χ1v) is 6.03. The van der Waals surface area contributed by atoms with E-state index in [1.807, 2.05) is 0 Å². The van der Waals surface area contributed by atoms with Crippen molar-refractivity contribution in [2.24, 2.45) is 11.8 Å². The van der Waals surface area contributed by atoms with Crippen molar-refractivity contribution in [1.29, 1.82) is 0 Å². The van der Waals surface area contributed by atoms with Gasteiger partial charge in [-0.05, 0) is 44.6 Å². The second-order valence-corrected chi connectivity index (χ2v) is 4.85. The van der Waals surface area contributed by atoms with Gasteiger partial charge in [-0.3, -0.25) is 10.2 Å². The molecule has 0 aromatic rings. The van der Waals surface area contributed by atoms with Crippen LogP contribution in [0.15, 0.2) is 0 Å². The van der Waals surface area contributed by atoms with E-state index in [2.05, 4.69) is 10.3 Å². The van der Waals surface area contributed by atoms with Crippen LogP contribution in [0.5, 0.6) is 0 Å². The molecular formula is C11H21N3O. The van der Waals surface area contributed by atoms with E-state index in [-0.39, 0.29) is 5.91 Å². The maximum atomic E-state index is 10.9. The number of unbranched alkanes of at least 4 members (excludes halogenated alkanes) is 1. The van der Waals surface area contributed by atoms with Crippen molar-refractivity contribution < 1.29 is 4.79 Å². The number of hydrogen-bond acceptors (Lipinski definition) is 3. The maximum absolute atomic E-state index is 10.9. The van der Waals surface area contributed by atoms with Gasteiger partial charge in [-0.2, -0.15) is 0 Å². The Bertz CT molecular complexity index is 232. The van der Waals surface area contributed by atoms with E-state index < -0.39 is 0 Å². The van der Waals surface area contributed by atoms with E-state index >= 15 is 0 Å². The molecule has 1 aliphatic carbocycles. The van der Waals surface area contributed by atoms with Gasteiger partial charge in [-0.15, -0.1) is 0 Å². The first-order chi connectivity index (χ1) is 7.29. The molecule has 0 aromatic carbocycles. The summed E-state index contributed by atoms with van der Waals surface area (Å²) in [7, 11) is 0. The van der Waals surface area contributed by atoms with Crippen molar-refractivity contribution in [2.45, 2.75) is 44.6 Å². The maximum Gasteiger partial charge on any atom is 0.233 e. The molecule has 1 saturated heterocycles. The quantitative estimate of drug-likeness (QED) is 0.303. The summed E-state index contributed by atoms with van der Waals surface area (Å²) in [6, 6.07) is 0.860. The number of nitrogens with one attached hydrogen (secondary N) is 1. The van der Waals surface area contributed by atoms with Crippen LogP contribution >= 0.6 is 0 Å². The lowest BCUT2D eigenvalue weighted by atomic mass is 10.1. The number of hydrazine groups is 1. The molecule has 2 rings (SSSR count). The minimum Gasteiger partial charge on any atom is -0.300 e. The van der Waals surface area contributed by atoms with E-state index in [4.69, 9.17) is 5.84 Å². The predicted molar refractivity (Wildman–Crippen MR) is 58.9 cm³/mol. The summed E-state index contributed by atoms with van der Waals surface area (Å²) < 4.78 is 0. The highest BCUT2D eigenvalue weighted by molar-refractivity contribution is 5.75. The fraction of sp³-hybridized carbons (Fsp3) is 0.909. The minimum atomic E-state index is -0.0436. The van der Waals surface area contributed by atoms with E-state index in [9.17, 15) is 4.79 Å². The number of likely N-dealkylation sites (tertiary alicyclic amines) is 1. The lowest BCUT2D eigenvalue weighted by molar-refractivity contribution is -0.121. The molecule has 2 aliphatic rings. The van der Waals surface area contributed by atoms with Crippen molar-refractivity contribution >= 4 is 5.91 Å². The summed E-state index contributed by atoms with van der Waals surface area (Å²) in [6.45, 7) is 2.47. The average Bonchev–Trinajstić information content (AvgIpc) is 2.85. The third-order valence-electron chi connectivity index (χ3n) is 3.78. The SMILES string of the molecule is NNC(=O)CCCCN1CC2CCC1C2. The van der Waals surface area contributed by atoms with Crippen LogP contribution in [0.25, 0.3) is 0 Å². The molecular weight excluding hydrogens is 190 g/mol. The van der Waals surface area contributed by atoms with Crippen LogP contribution in [0.3, 0.4) is 0 Å². The van der Waals surface area contributed by atoms with Crippen molar-refractivity contribution in [2.75, 3.05) is 13.1 Å². The van der Waals surface area contributed by atoms with Crippen molar-refractivity contribution in [3.05, 3.63) is 0 Å². The zero-order valence-electron chi connectivity index (χ0n) is 9.24. The summed E-state index contributed by atoms with van der Waals surface area (Å²) in [5.41, 5.74) is 2.17. The van der Waals surface area contributed by atoms with Gasteiger partial charge in [0.05, 0.1) is 0 Å². The second kappa shape index (κ2) is 4.94. The average molecular weight is 211 g/mol. The highest BCUT2D eigenvalue weighted by atomic mass is 16.2. The molecule has 86 valence electrons. The van der Waals surface area contributed by atoms with Gasteiger partial charge in [-0.1, -0.05) is 0 Å². The Balaban J connectivity index is 1.57.